The van der Waals surface area contributed by atoms with Gasteiger partial charge in [0.15, 0.2) is 0 Å². The molecule has 0 saturated heterocycles. The smallest absolute Gasteiger partial charge is 0.339 e. The number of primary sulfonamides is 1. The molecule has 3 N–H and O–H groups in total. The molecule has 3 aromatic rings. The summed E-state index contributed by atoms with van der Waals surface area (Å²) in [4.78, 5) is 16.0. The number of sulfonamides is 1. The molecular weight excluding hydrogens is 425 g/mol. The SMILES string of the molecule is NS(=O)(=O)c1ccc(NC(=O)CCc2nc(-c3cccc(C(F)(F)F)c3)no2)cc1. The predicted molar refractivity (Wildman–Crippen MR) is 99.5 cm³/mol. The number of nitrogens with two attached hydrogens (primary N) is 1. The van der Waals surface area contributed by atoms with Gasteiger partial charge in [-0.15, -0.1) is 0 Å². The first-order valence-corrected chi connectivity index (χ1v) is 10.00. The maximum atomic E-state index is 12.8. The molecule has 0 unspecified atom stereocenters. The van der Waals surface area contributed by atoms with Crippen molar-refractivity contribution in [1.82, 2.24) is 10.1 Å². The van der Waals surface area contributed by atoms with Crippen LogP contribution in [0.1, 0.15) is 17.9 Å². The summed E-state index contributed by atoms with van der Waals surface area (Å²) in [7, 11) is -3.83. The second kappa shape index (κ2) is 8.24. The van der Waals surface area contributed by atoms with Crippen molar-refractivity contribution < 1.29 is 30.9 Å². The Labute approximate surface area is 168 Å². The summed E-state index contributed by atoms with van der Waals surface area (Å²) in [5, 5.41) is 11.2. The van der Waals surface area contributed by atoms with Gasteiger partial charge in [0.2, 0.25) is 27.6 Å². The highest BCUT2D eigenvalue weighted by atomic mass is 32.2. The molecule has 1 amide bonds. The molecule has 0 aliphatic rings. The molecule has 0 radical (unpaired) electrons. The number of anilines is 1. The van der Waals surface area contributed by atoms with Crippen LogP contribution in [0.3, 0.4) is 0 Å². The van der Waals surface area contributed by atoms with Gasteiger partial charge in [0, 0.05) is 24.1 Å². The number of hydrogen-bond donors (Lipinski definition) is 2. The van der Waals surface area contributed by atoms with Gasteiger partial charge in [0.25, 0.3) is 0 Å². The zero-order valence-electron chi connectivity index (χ0n) is 15.2. The second-order valence-corrected chi connectivity index (χ2v) is 7.77. The molecule has 0 aliphatic carbocycles. The van der Waals surface area contributed by atoms with Crippen molar-refractivity contribution in [3.05, 3.63) is 60.0 Å². The number of hydrogen-bond acceptors (Lipinski definition) is 6. The fourth-order valence-electron chi connectivity index (χ4n) is 2.48. The number of rotatable bonds is 6. The Morgan fingerprint density at radius 2 is 1.83 bits per heavy atom. The largest absolute Gasteiger partial charge is 0.416 e. The average Bonchev–Trinajstić information content (AvgIpc) is 3.15. The highest BCUT2D eigenvalue weighted by molar-refractivity contribution is 7.89. The second-order valence-electron chi connectivity index (χ2n) is 6.21. The molecule has 12 heteroatoms. The Hall–Kier alpha value is -3.25. The standard InChI is InChI=1S/C18H15F3N4O4S/c19-18(20,21)12-3-1-2-11(10-12)17-24-16(29-25-17)9-8-15(26)23-13-4-6-14(7-5-13)30(22,27)28/h1-7,10H,8-9H2,(H,23,26)(H2,22,27,28). The minimum atomic E-state index is -4.49. The third-order valence-electron chi connectivity index (χ3n) is 3.95. The van der Waals surface area contributed by atoms with Crippen molar-refractivity contribution >= 4 is 21.6 Å². The summed E-state index contributed by atoms with van der Waals surface area (Å²) in [5.74, 6) is -0.339. The van der Waals surface area contributed by atoms with Crippen molar-refractivity contribution in [2.24, 2.45) is 5.14 Å². The van der Waals surface area contributed by atoms with Crippen molar-refractivity contribution in [3.63, 3.8) is 0 Å². The molecule has 1 aromatic heterocycles. The number of nitrogens with zero attached hydrogens (tertiary/aromatic N) is 2. The van der Waals surface area contributed by atoms with Crippen LogP contribution in [0.25, 0.3) is 11.4 Å². The number of benzene rings is 2. The van der Waals surface area contributed by atoms with Crippen molar-refractivity contribution in [2.45, 2.75) is 23.9 Å². The summed E-state index contributed by atoms with van der Waals surface area (Å²) < 4.78 is 65.9. The first-order valence-electron chi connectivity index (χ1n) is 8.45. The minimum absolute atomic E-state index is 0.0184. The lowest BCUT2D eigenvalue weighted by Gasteiger charge is -2.06. The van der Waals surface area contributed by atoms with Gasteiger partial charge in [-0.3, -0.25) is 4.79 Å². The topological polar surface area (TPSA) is 128 Å². The molecule has 30 heavy (non-hydrogen) atoms. The maximum Gasteiger partial charge on any atom is 0.416 e. The molecule has 0 spiro atoms. The summed E-state index contributed by atoms with van der Waals surface area (Å²) in [5.41, 5.74) is -0.332. The van der Waals surface area contributed by atoms with Crippen LogP contribution in [-0.4, -0.2) is 24.5 Å². The molecule has 158 valence electrons. The highest BCUT2D eigenvalue weighted by Crippen LogP contribution is 2.31. The fourth-order valence-corrected chi connectivity index (χ4v) is 3.00. The lowest BCUT2D eigenvalue weighted by atomic mass is 10.1. The summed E-state index contributed by atoms with van der Waals surface area (Å²) in [6.07, 6.45) is -4.47. The molecule has 0 aliphatic heterocycles. The Morgan fingerprint density at radius 3 is 2.47 bits per heavy atom. The zero-order valence-corrected chi connectivity index (χ0v) is 16.0. The number of alkyl halides is 3. The van der Waals surface area contributed by atoms with E-state index in [1.807, 2.05) is 0 Å². The number of amides is 1. The van der Waals surface area contributed by atoms with Crippen LogP contribution < -0.4 is 10.5 Å². The highest BCUT2D eigenvalue weighted by Gasteiger charge is 2.30. The fraction of sp³-hybridized carbons (Fsp3) is 0.167. The van der Waals surface area contributed by atoms with Gasteiger partial charge in [0.1, 0.15) is 0 Å². The van der Waals surface area contributed by atoms with Crippen LogP contribution in [0.5, 0.6) is 0 Å². The maximum absolute atomic E-state index is 12.8. The van der Waals surface area contributed by atoms with Gasteiger partial charge in [-0.25, -0.2) is 13.6 Å². The molecule has 0 atom stereocenters. The third kappa shape index (κ3) is 5.42. The van der Waals surface area contributed by atoms with Crippen molar-refractivity contribution in [1.29, 1.82) is 0 Å². The van der Waals surface area contributed by atoms with E-state index >= 15 is 0 Å². The van der Waals surface area contributed by atoms with Crippen LogP contribution in [0.4, 0.5) is 18.9 Å². The van der Waals surface area contributed by atoms with Gasteiger partial charge < -0.3 is 9.84 Å². The average molecular weight is 440 g/mol. The van der Waals surface area contributed by atoms with E-state index in [9.17, 15) is 26.4 Å². The monoisotopic (exact) mass is 440 g/mol. The molecule has 0 bridgehead atoms. The molecule has 3 rings (SSSR count). The molecular formula is C18H15F3N4O4S. The molecule has 0 fully saturated rings. The lowest BCUT2D eigenvalue weighted by Crippen LogP contribution is -2.14. The van der Waals surface area contributed by atoms with Crippen LogP contribution in [0.2, 0.25) is 0 Å². The first kappa shape index (κ1) is 21.5. The van der Waals surface area contributed by atoms with Gasteiger partial charge in [-0.05, 0) is 36.4 Å². The van der Waals surface area contributed by atoms with E-state index in [1.54, 1.807) is 0 Å². The quantitative estimate of drug-likeness (QED) is 0.607. The number of carbonyl (C=O) groups excluding carboxylic acids is 1. The predicted octanol–water partition coefficient (Wildman–Crippen LogP) is 2.97. The first-order chi connectivity index (χ1) is 14.0. The molecule has 8 nitrogen and oxygen atoms in total. The van der Waals surface area contributed by atoms with Gasteiger partial charge in [0.05, 0.1) is 10.5 Å². The normalized spacial score (nSPS) is 12.0. The van der Waals surface area contributed by atoms with Crippen molar-refractivity contribution in [3.8, 4) is 11.4 Å². The van der Waals surface area contributed by atoms with E-state index in [0.29, 0.717) is 5.69 Å². The number of carbonyl (C=O) groups is 1. The minimum Gasteiger partial charge on any atom is -0.339 e. The molecule has 1 heterocycles. The van der Waals surface area contributed by atoms with Crippen LogP contribution in [-0.2, 0) is 27.4 Å². The Balaban J connectivity index is 1.60. The Bertz CT molecular complexity index is 1160. The van der Waals surface area contributed by atoms with Gasteiger partial charge in [-0.2, -0.15) is 18.2 Å². The number of aromatic nitrogens is 2. The lowest BCUT2D eigenvalue weighted by molar-refractivity contribution is -0.137. The van der Waals surface area contributed by atoms with Crippen molar-refractivity contribution in [2.75, 3.05) is 5.32 Å². The van der Waals surface area contributed by atoms with E-state index in [4.69, 9.17) is 9.66 Å². The van der Waals surface area contributed by atoms with Crippen LogP contribution in [0.15, 0.2) is 57.9 Å². The van der Waals surface area contributed by atoms with E-state index in [1.165, 1.54) is 36.4 Å². The number of nitrogens with one attached hydrogen (secondary N) is 1. The summed E-state index contributed by atoms with van der Waals surface area (Å²) in [6.45, 7) is 0. The van der Waals surface area contributed by atoms with E-state index in [-0.39, 0.29) is 35.0 Å². The number of aryl methyl sites for hydroxylation is 1. The van der Waals surface area contributed by atoms with Gasteiger partial charge in [-0.1, -0.05) is 17.3 Å². The van der Waals surface area contributed by atoms with Crippen LogP contribution >= 0.6 is 0 Å². The Kier molecular flexibility index (Phi) is 5.89. The van der Waals surface area contributed by atoms with E-state index in [2.05, 4.69) is 15.5 Å². The Morgan fingerprint density at radius 1 is 1.13 bits per heavy atom. The molecule has 2 aromatic carbocycles. The van der Waals surface area contributed by atoms with Crippen LogP contribution in [0, 0.1) is 0 Å². The van der Waals surface area contributed by atoms with Gasteiger partial charge >= 0.3 is 6.18 Å². The summed E-state index contributed by atoms with van der Waals surface area (Å²) >= 11 is 0. The van der Waals surface area contributed by atoms with E-state index in [0.717, 1.165) is 12.1 Å². The summed E-state index contributed by atoms with van der Waals surface area (Å²) in [6, 6.07) is 9.78. The number of halogens is 3. The molecule has 0 saturated carbocycles. The zero-order chi connectivity index (χ0) is 21.9. The third-order valence-corrected chi connectivity index (χ3v) is 4.88. The van der Waals surface area contributed by atoms with E-state index < -0.39 is 27.7 Å².